The minimum atomic E-state index is -0.447. The first-order valence-corrected chi connectivity index (χ1v) is 9.16. The predicted molar refractivity (Wildman–Crippen MR) is 102 cm³/mol. The Labute approximate surface area is 152 Å². The van der Waals surface area contributed by atoms with Crippen molar-refractivity contribution in [2.24, 2.45) is 0 Å². The molecule has 0 aliphatic rings. The van der Waals surface area contributed by atoms with Crippen LogP contribution in [0.4, 0.5) is 4.39 Å². The number of nitrogens with one attached hydrogen (secondary N) is 1. The number of carbonyl (C=O) groups excluding carboxylic acids is 1. The van der Waals surface area contributed by atoms with Crippen LogP contribution in [0.1, 0.15) is 16.7 Å². The fourth-order valence-electron chi connectivity index (χ4n) is 2.14. The van der Waals surface area contributed by atoms with Gasteiger partial charge < -0.3 is 10.1 Å². The highest BCUT2D eigenvalue weighted by atomic mass is 32.2. The highest BCUT2D eigenvalue weighted by molar-refractivity contribution is 7.98. The average Bonchev–Trinajstić information content (AvgIpc) is 2.61. The number of hydrogen-bond donors (Lipinski definition) is 1. The molecule has 132 valence electrons. The maximum atomic E-state index is 13.6. The maximum absolute atomic E-state index is 13.6. The van der Waals surface area contributed by atoms with Gasteiger partial charge in [0.25, 0.3) is 0 Å². The highest BCUT2D eigenvalue weighted by Gasteiger charge is 2.02. The van der Waals surface area contributed by atoms with Crippen LogP contribution < -0.4 is 10.1 Å². The van der Waals surface area contributed by atoms with Gasteiger partial charge in [0.15, 0.2) is 11.6 Å². The molecule has 0 radical (unpaired) electrons. The summed E-state index contributed by atoms with van der Waals surface area (Å²) in [4.78, 5) is 11.8. The predicted octanol–water partition coefficient (Wildman–Crippen LogP) is 4.21. The minimum Gasteiger partial charge on any atom is -0.494 e. The van der Waals surface area contributed by atoms with Gasteiger partial charge in [-0.05, 0) is 36.3 Å². The summed E-state index contributed by atoms with van der Waals surface area (Å²) in [5.41, 5.74) is 3.15. The van der Waals surface area contributed by atoms with E-state index in [1.807, 2.05) is 0 Å². The molecule has 0 aliphatic heterocycles. The van der Waals surface area contributed by atoms with E-state index in [0.717, 1.165) is 11.5 Å². The van der Waals surface area contributed by atoms with Crippen molar-refractivity contribution < 1.29 is 13.9 Å². The van der Waals surface area contributed by atoms with Gasteiger partial charge in [0.1, 0.15) is 0 Å². The van der Waals surface area contributed by atoms with Crippen LogP contribution in [0.2, 0.25) is 0 Å². The molecule has 0 unspecified atom stereocenters. The first kappa shape index (κ1) is 19.1. The SMILES string of the molecule is COc1ccc(/C=C/C(=O)NCCSCc2ccc(C)cc2)cc1F. The quantitative estimate of drug-likeness (QED) is 0.567. The van der Waals surface area contributed by atoms with Crippen molar-refractivity contribution in [3.63, 3.8) is 0 Å². The smallest absolute Gasteiger partial charge is 0.244 e. The van der Waals surface area contributed by atoms with Crippen molar-refractivity contribution in [2.45, 2.75) is 12.7 Å². The zero-order chi connectivity index (χ0) is 18.1. The zero-order valence-corrected chi connectivity index (χ0v) is 15.2. The molecule has 2 rings (SSSR count). The van der Waals surface area contributed by atoms with E-state index in [9.17, 15) is 9.18 Å². The molecule has 2 aromatic rings. The number of methoxy groups -OCH3 is 1. The third-order valence-corrected chi connectivity index (χ3v) is 4.57. The molecule has 0 heterocycles. The van der Waals surface area contributed by atoms with E-state index in [1.54, 1.807) is 23.9 Å². The molecule has 2 aromatic carbocycles. The van der Waals surface area contributed by atoms with Crippen LogP contribution in [0.3, 0.4) is 0 Å². The highest BCUT2D eigenvalue weighted by Crippen LogP contribution is 2.18. The molecule has 5 heteroatoms. The minimum absolute atomic E-state index is 0.187. The van der Waals surface area contributed by atoms with E-state index in [2.05, 4.69) is 36.5 Å². The standard InChI is InChI=1S/C20H22FNO2S/c1-15-3-5-17(6-4-15)14-25-12-11-22-20(23)10-8-16-7-9-19(24-2)18(21)13-16/h3-10,13H,11-12,14H2,1-2H3,(H,22,23)/b10-8+. The lowest BCUT2D eigenvalue weighted by atomic mass is 10.2. The molecule has 0 saturated carbocycles. The Morgan fingerprint density at radius 1 is 1.24 bits per heavy atom. The first-order valence-electron chi connectivity index (χ1n) is 8.01. The Hall–Kier alpha value is -2.27. The summed E-state index contributed by atoms with van der Waals surface area (Å²) in [5, 5.41) is 2.82. The number of thioether (sulfide) groups is 1. The molecule has 3 nitrogen and oxygen atoms in total. The van der Waals surface area contributed by atoms with Crippen molar-refractivity contribution in [3.8, 4) is 5.75 Å². The fraction of sp³-hybridized carbons (Fsp3) is 0.250. The molecule has 0 saturated heterocycles. The monoisotopic (exact) mass is 359 g/mol. The molecule has 25 heavy (non-hydrogen) atoms. The van der Waals surface area contributed by atoms with Gasteiger partial charge in [-0.1, -0.05) is 35.9 Å². The maximum Gasteiger partial charge on any atom is 0.244 e. The number of ether oxygens (including phenoxy) is 1. The van der Waals surface area contributed by atoms with Gasteiger partial charge in [0.2, 0.25) is 5.91 Å². The number of halogens is 1. The number of benzene rings is 2. The van der Waals surface area contributed by atoms with Gasteiger partial charge in [0.05, 0.1) is 7.11 Å². The van der Waals surface area contributed by atoms with Crippen LogP contribution in [0.5, 0.6) is 5.75 Å². The van der Waals surface area contributed by atoms with Crippen LogP contribution >= 0.6 is 11.8 Å². The van der Waals surface area contributed by atoms with E-state index in [-0.39, 0.29) is 11.7 Å². The van der Waals surface area contributed by atoms with E-state index in [4.69, 9.17) is 4.74 Å². The molecule has 0 fully saturated rings. The molecule has 0 bridgehead atoms. The van der Waals surface area contributed by atoms with Gasteiger partial charge in [-0.25, -0.2) is 4.39 Å². The van der Waals surface area contributed by atoms with Crippen molar-refractivity contribution >= 4 is 23.7 Å². The molecule has 1 N–H and O–H groups in total. The third-order valence-electron chi connectivity index (χ3n) is 3.54. The summed E-state index contributed by atoms with van der Waals surface area (Å²) in [6.07, 6.45) is 2.99. The lowest BCUT2D eigenvalue weighted by Crippen LogP contribution is -2.23. The summed E-state index contributed by atoms with van der Waals surface area (Å²) in [7, 11) is 1.41. The second kappa shape index (κ2) is 9.89. The fourth-order valence-corrected chi connectivity index (χ4v) is 2.96. The number of aryl methyl sites for hydroxylation is 1. The third kappa shape index (κ3) is 6.63. The van der Waals surface area contributed by atoms with Crippen LogP contribution in [-0.4, -0.2) is 25.3 Å². The van der Waals surface area contributed by atoms with Gasteiger partial charge in [-0.2, -0.15) is 11.8 Å². The molecular weight excluding hydrogens is 337 g/mol. The lowest BCUT2D eigenvalue weighted by Gasteiger charge is -2.04. The molecule has 0 aliphatic carbocycles. The van der Waals surface area contributed by atoms with Crippen LogP contribution in [-0.2, 0) is 10.5 Å². The summed E-state index contributed by atoms with van der Waals surface area (Å²) < 4.78 is 18.4. The van der Waals surface area contributed by atoms with Gasteiger partial charge in [-0.3, -0.25) is 4.79 Å². The van der Waals surface area contributed by atoms with Crippen molar-refractivity contribution in [3.05, 3.63) is 71.0 Å². The van der Waals surface area contributed by atoms with Crippen LogP contribution in [0, 0.1) is 12.7 Å². The van der Waals surface area contributed by atoms with Gasteiger partial charge in [0, 0.05) is 24.1 Å². The van der Waals surface area contributed by atoms with E-state index < -0.39 is 5.82 Å². The molecule has 1 amide bonds. The summed E-state index contributed by atoms with van der Waals surface area (Å²) in [6, 6.07) is 13.0. The van der Waals surface area contributed by atoms with Crippen molar-refractivity contribution in [2.75, 3.05) is 19.4 Å². The van der Waals surface area contributed by atoms with Gasteiger partial charge in [-0.15, -0.1) is 0 Å². The van der Waals surface area contributed by atoms with Crippen molar-refractivity contribution in [1.82, 2.24) is 5.32 Å². The number of rotatable bonds is 8. The Balaban J connectivity index is 1.68. The van der Waals surface area contributed by atoms with Crippen LogP contribution in [0.25, 0.3) is 6.08 Å². The Morgan fingerprint density at radius 3 is 2.68 bits per heavy atom. The van der Waals surface area contributed by atoms with Crippen molar-refractivity contribution in [1.29, 1.82) is 0 Å². The van der Waals surface area contributed by atoms with Crippen LogP contribution in [0.15, 0.2) is 48.5 Å². The molecule has 0 aromatic heterocycles. The Bertz CT molecular complexity index is 729. The van der Waals surface area contributed by atoms with E-state index in [1.165, 1.54) is 36.4 Å². The number of carbonyl (C=O) groups is 1. The zero-order valence-electron chi connectivity index (χ0n) is 14.4. The number of hydrogen-bond acceptors (Lipinski definition) is 3. The first-order chi connectivity index (χ1) is 12.1. The normalized spacial score (nSPS) is 10.8. The second-order valence-electron chi connectivity index (χ2n) is 5.56. The van der Waals surface area contributed by atoms with E-state index >= 15 is 0 Å². The molecular formula is C20H22FNO2S. The number of amides is 1. The summed E-state index contributed by atoms with van der Waals surface area (Å²) in [5.74, 6) is 1.32. The van der Waals surface area contributed by atoms with E-state index in [0.29, 0.717) is 12.1 Å². The van der Waals surface area contributed by atoms with Gasteiger partial charge >= 0.3 is 0 Å². The largest absolute Gasteiger partial charge is 0.494 e. The Kier molecular flexibility index (Phi) is 7.54. The molecule has 0 atom stereocenters. The molecule has 0 spiro atoms. The Morgan fingerprint density at radius 2 is 2.00 bits per heavy atom. The topological polar surface area (TPSA) is 38.3 Å². The second-order valence-corrected chi connectivity index (χ2v) is 6.66. The lowest BCUT2D eigenvalue weighted by molar-refractivity contribution is -0.116. The summed E-state index contributed by atoms with van der Waals surface area (Å²) in [6.45, 7) is 2.66. The summed E-state index contributed by atoms with van der Waals surface area (Å²) >= 11 is 1.77. The average molecular weight is 359 g/mol.